The van der Waals surface area contributed by atoms with Crippen LogP contribution in [0, 0.1) is 5.82 Å². The highest BCUT2D eigenvalue weighted by molar-refractivity contribution is 9.10. The topological polar surface area (TPSA) is 44.1 Å². The van der Waals surface area contributed by atoms with Gasteiger partial charge in [0.1, 0.15) is 0 Å². The van der Waals surface area contributed by atoms with Gasteiger partial charge in [-0.3, -0.25) is 4.79 Å². The van der Waals surface area contributed by atoms with Crippen LogP contribution in [0.3, 0.4) is 0 Å². The third-order valence-corrected chi connectivity index (χ3v) is 4.86. The van der Waals surface area contributed by atoms with E-state index in [1.54, 1.807) is 10.9 Å². The summed E-state index contributed by atoms with van der Waals surface area (Å²) in [5.74, 6) is -0.737. The molecular weight excluding hydrogens is 351 g/mol. The fraction of sp³-hybridized carbons (Fsp3) is 0.385. The number of fused-ring (bicyclic) bond motifs is 1. The van der Waals surface area contributed by atoms with E-state index >= 15 is 0 Å². The molecule has 1 unspecified atom stereocenters. The van der Waals surface area contributed by atoms with E-state index in [0.717, 1.165) is 19.3 Å². The highest BCUT2D eigenvalue weighted by Gasteiger charge is 2.25. The number of hydrogen-bond donors (Lipinski definition) is 0. The minimum atomic E-state index is -0.737. The summed E-state index contributed by atoms with van der Waals surface area (Å²) in [6, 6.07) is 0. The number of rotatable bonds is 2. The second-order valence-electron chi connectivity index (χ2n) is 4.65. The molecule has 1 aliphatic heterocycles. The third-order valence-electron chi connectivity index (χ3n) is 3.46. The Kier molecular flexibility index (Phi) is 3.79. The number of aromatic nitrogens is 2. The highest BCUT2D eigenvalue weighted by Crippen LogP contribution is 2.38. The molecule has 0 N–H and O–H groups in total. The van der Waals surface area contributed by atoms with Crippen LogP contribution in [0.25, 0.3) is 10.9 Å². The van der Waals surface area contributed by atoms with E-state index in [4.69, 9.17) is 16.3 Å². The van der Waals surface area contributed by atoms with Gasteiger partial charge in [-0.2, -0.15) is 5.10 Å². The van der Waals surface area contributed by atoms with Crippen LogP contribution in [-0.2, 0) is 4.74 Å². The minimum Gasteiger partial charge on any atom is -0.356 e. The van der Waals surface area contributed by atoms with Crippen LogP contribution in [0.5, 0.6) is 0 Å². The quantitative estimate of drug-likeness (QED) is 0.597. The molecule has 0 spiro atoms. The molecule has 1 aromatic heterocycles. The van der Waals surface area contributed by atoms with E-state index < -0.39 is 5.82 Å². The molecule has 1 aromatic carbocycles. The maximum absolute atomic E-state index is 14.1. The smallest absolute Gasteiger partial charge is 0.155 e. The lowest BCUT2D eigenvalue weighted by Crippen LogP contribution is -2.19. The minimum absolute atomic E-state index is 0.0835. The van der Waals surface area contributed by atoms with Crippen LogP contribution in [0.4, 0.5) is 4.39 Å². The Morgan fingerprint density at radius 1 is 1.55 bits per heavy atom. The monoisotopic (exact) mass is 360 g/mol. The predicted octanol–water partition coefficient (Wildman–Crippen LogP) is 4.10. The van der Waals surface area contributed by atoms with Crippen molar-refractivity contribution in [1.82, 2.24) is 9.78 Å². The Hall–Kier alpha value is -0.980. The molecule has 0 radical (unpaired) electrons. The third kappa shape index (κ3) is 2.06. The second kappa shape index (κ2) is 5.42. The molecule has 2 aromatic rings. The second-order valence-corrected chi connectivity index (χ2v) is 5.82. The number of halogens is 3. The molecule has 1 atom stereocenters. The van der Waals surface area contributed by atoms with Crippen molar-refractivity contribution in [3.63, 3.8) is 0 Å². The van der Waals surface area contributed by atoms with Crippen molar-refractivity contribution >= 4 is 44.7 Å². The van der Waals surface area contributed by atoms with Crippen LogP contribution in [0.1, 0.15) is 35.8 Å². The van der Waals surface area contributed by atoms with Gasteiger partial charge in [0.25, 0.3) is 0 Å². The molecule has 0 amide bonds. The number of nitrogens with zero attached hydrogens (tertiary/aromatic N) is 2. The average Bonchev–Trinajstić information content (AvgIpc) is 2.91. The summed E-state index contributed by atoms with van der Waals surface area (Å²) >= 11 is 9.14. The Morgan fingerprint density at radius 2 is 2.35 bits per heavy atom. The molecule has 106 valence electrons. The zero-order valence-electron chi connectivity index (χ0n) is 10.4. The first-order valence-corrected chi connectivity index (χ1v) is 7.42. The van der Waals surface area contributed by atoms with E-state index in [-0.39, 0.29) is 16.8 Å². The SMILES string of the molecule is O=Cc1c(F)c(Cl)c(Br)c2cnn(C3CCCCO3)c12. The lowest BCUT2D eigenvalue weighted by atomic mass is 10.1. The maximum atomic E-state index is 14.1. The maximum Gasteiger partial charge on any atom is 0.155 e. The standard InChI is InChI=1S/C13H11BrClFN2O2/c14-10-7-5-17-18(9-3-1-2-4-20-9)13(7)8(6-19)12(16)11(10)15/h5-6,9H,1-4H2. The van der Waals surface area contributed by atoms with Crippen LogP contribution < -0.4 is 0 Å². The Bertz CT molecular complexity index is 683. The van der Waals surface area contributed by atoms with Gasteiger partial charge >= 0.3 is 0 Å². The van der Waals surface area contributed by atoms with Crippen molar-refractivity contribution in [2.24, 2.45) is 0 Å². The molecule has 0 bridgehead atoms. The Balaban J connectivity index is 2.27. The predicted molar refractivity (Wildman–Crippen MR) is 76.6 cm³/mol. The van der Waals surface area contributed by atoms with Gasteiger partial charge in [-0.25, -0.2) is 9.07 Å². The molecule has 0 aliphatic carbocycles. The van der Waals surface area contributed by atoms with Gasteiger partial charge in [0.15, 0.2) is 18.3 Å². The number of ether oxygens (including phenoxy) is 1. The summed E-state index contributed by atoms with van der Waals surface area (Å²) < 4.78 is 21.8. The molecule has 1 aliphatic rings. The summed E-state index contributed by atoms with van der Waals surface area (Å²) in [7, 11) is 0. The number of carbonyl (C=O) groups is 1. The van der Waals surface area contributed by atoms with Crippen LogP contribution >= 0.6 is 27.5 Å². The van der Waals surface area contributed by atoms with E-state index in [1.807, 2.05) is 0 Å². The number of aldehydes is 1. The van der Waals surface area contributed by atoms with Gasteiger partial charge in [-0.15, -0.1) is 0 Å². The van der Waals surface area contributed by atoms with Crippen molar-refractivity contribution in [3.05, 3.63) is 27.1 Å². The van der Waals surface area contributed by atoms with Crippen molar-refractivity contribution < 1.29 is 13.9 Å². The van der Waals surface area contributed by atoms with Gasteiger partial charge in [0, 0.05) is 12.0 Å². The molecule has 2 heterocycles. The van der Waals surface area contributed by atoms with E-state index in [1.165, 1.54) is 0 Å². The molecule has 7 heteroatoms. The zero-order chi connectivity index (χ0) is 14.3. The highest BCUT2D eigenvalue weighted by atomic mass is 79.9. The van der Waals surface area contributed by atoms with Gasteiger partial charge in [-0.05, 0) is 35.2 Å². The van der Waals surface area contributed by atoms with Crippen molar-refractivity contribution in [2.45, 2.75) is 25.5 Å². The first-order valence-electron chi connectivity index (χ1n) is 6.25. The van der Waals surface area contributed by atoms with Gasteiger partial charge in [0.2, 0.25) is 0 Å². The fourth-order valence-electron chi connectivity index (χ4n) is 2.47. The van der Waals surface area contributed by atoms with Gasteiger partial charge < -0.3 is 4.74 Å². The molecule has 1 fully saturated rings. The summed E-state index contributed by atoms with van der Waals surface area (Å²) in [6.45, 7) is 0.639. The summed E-state index contributed by atoms with van der Waals surface area (Å²) in [4.78, 5) is 11.2. The van der Waals surface area contributed by atoms with E-state index in [2.05, 4.69) is 21.0 Å². The van der Waals surface area contributed by atoms with Crippen LogP contribution in [0.15, 0.2) is 10.7 Å². The van der Waals surface area contributed by atoms with Crippen LogP contribution in [-0.4, -0.2) is 22.7 Å². The molecule has 3 rings (SSSR count). The van der Waals surface area contributed by atoms with E-state index in [0.29, 0.717) is 28.3 Å². The van der Waals surface area contributed by atoms with Gasteiger partial charge in [0.05, 0.1) is 26.8 Å². The summed E-state index contributed by atoms with van der Waals surface area (Å²) in [5.41, 5.74) is 0.334. The summed E-state index contributed by atoms with van der Waals surface area (Å²) in [5, 5.41) is 4.74. The van der Waals surface area contributed by atoms with Crippen molar-refractivity contribution in [1.29, 1.82) is 0 Å². The fourth-order valence-corrected chi connectivity index (χ4v) is 3.14. The summed E-state index contributed by atoms with van der Waals surface area (Å²) in [6.07, 6.45) is 4.57. The van der Waals surface area contributed by atoms with E-state index in [9.17, 15) is 9.18 Å². The largest absolute Gasteiger partial charge is 0.356 e. The number of carbonyl (C=O) groups excluding carboxylic acids is 1. The Morgan fingerprint density at radius 3 is 3.00 bits per heavy atom. The molecule has 0 saturated carbocycles. The lowest BCUT2D eigenvalue weighted by molar-refractivity contribution is -0.0367. The molecular formula is C13H11BrClFN2O2. The Labute approximate surface area is 128 Å². The first-order chi connectivity index (χ1) is 9.65. The molecule has 4 nitrogen and oxygen atoms in total. The first kappa shape index (κ1) is 14.0. The van der Waals surface area contributed by atoms with Crippen LogP contribution in [0.2, 0.25) is 5.02 Å². The zero-order valence-corrected chi connectivity index (χ0v) is 12.7. The normalized spacial score (nSPS) is 19.4. The van der Waals surface area contributed by atoms with Gasteiger partial charge in [-0.1, -0.05) is 11.6 Å². The average molecular weight is 362 g/mol. The van der Waals surface area contributed by atoms with Crippen molar-refractivity contribution in [2.75, 3.05) is 6.61 Å². The molecule has 1 saturated heterocycles. The van der Waals surface area contributed by atoms with Crippen molar-refractivity contribution in [3.8, 4) is 0 Å². The lowest BCUT2D eigenvalue weighted by Gasteiger charge is -2.24. The molecule has 20 heavy (non-hydrogen) atoms. The number of hydrogen-bond acceptors (Lipinski definition) is 3. The number of benzene rings is 1.